The fourth-order valence-corrected chi connectivity index (χ4v) is 5.54. The Hall–Kier alpha value is -4.09. The highest BCUT2D eigenvalue weighted by Crippen LogP contribution is 2.41. The lowest BCUT2D eigenvalue weighted by atomic mass is 9.75. The van der Waals surface area contributed by atoms with Crippen LogP contribution in [0.1, 0.15) is 63.0 Å². The van der Waals surface area contributed by atoms with Crippen LogP contribution >= 0.6 is 0 Å². The van der Waals surface area contributed by atoms with E-state index in [4.69, 9.17) is 23.7 Å². The van der Waals surface area contributed by atoms with E-state index in [2.05, 4.69) is 4.99 Å². The topological polar surface area (TPSA) is 136 Å². The molecule has 0 bridgehead atoms. The normalized spacial score (nSPS) is 20.1. The van der Waals surface area contributed by atoms with Crippen molar-refractivity contribution in [1.82, 2.24) is 0 Å². The summed E-state index contributed by atoms with van der Waals surface area (Å²) in [6.07, 6.45) is 6.11. The lowest BCUT2D eigenvalue weighted by molar-refractivity contribution is -0.384. The molecule has 236 valence electrons. The van der Waals surface area contributed by atoms with Gasteiger partial charge in [0.2, 0.25) is 0 Å². The number of esters is 2. The molecule has 2 heterocycles. The minimum atomic E-state index is -0.943. The largest absolute Gasteiger partial charge is 0.490 e. The highest BCUT2D eigenvalue weighted by atomic mass is 16.7. The van der Waals surface area contributed by atoms with Crippen LogP contribution in [-0.4, -0.2) is 62.4 Å². The van der Waals surface area contributed by atoms with Crippen LogP contribution in [0, 0.1) is 16.0 Å². The second-order valence-electron chi connectivity index (χ2n) is 10.8. The lowest BCUT2D eigenvalue weighted by Crippen LogP contribution is -2.36. The number of nitro groups is 1. The number of carbonyl (C=O) groups excluding carboxylic acids is 2. The molecule has 0 aliphatic carbocycles. The molecule has 4 rings (SSSR count). The fraction of sp³-hybridized carbons (Fsp3) is 0.485. The predicted molar refractivity (Wildman–Crippen MR) is 163 cm³/mol. The van der Waals surface area contributed by atoms with Crippen LogP contribution in [0.3, 0.4) is 0 Å². The van der Waals surface area contributed by atoms with Crippen molar-refractivity contribution < 1.29 is 38.2 Å². The molecule has 2 aromatic carbocycles. The van der Waals surface area contributed by atoms with Crippen molar-refractivity contribution in [1.29, 1.82) is 0 Å². The molecule has 1 saturated heterocycles. The SMILES string of the molecule is COC(=O)C1C(C)=NC(C)=C(C(=O)OCCOc2ccc(CCCCOC3CCCCO3)cc2)C1c1cccc([N+](=O)[O-])c1. The smallest absolute Gasteiger partial charge is 0.336 e. The molecule has 2 aromatic rings. The van der Waals surface area contributed by atoms with Crippen molar-refractivity contribution >= 4 is 23.3 Å². The number of non-ortho nitro benzene ring substituents is 1. The first-order valence-corrected chi connectivity index (χ1v) is 15.0. The van der Waals surface area contributed by atoms with Gasteiger partial charge in [0, 0.05) is 42.7 Å². The number of ether oxygens (including phenoxy) is 5. The van der Waals surface area contributed by atoms with Gasteiger partial charge in [-0.2, -0.15) is 0 Å². The van der Waals surface area contributed by atoms with Crippen LogP contribution in [0.15, 0.2) is 64.8 Å². The number of unbranched alkanes of at least 4 members (excludes halogenated alkanes) is 1. The number of aliphatic imine (C=N–C) groups is 1. The number of hydrogen-bond donors (Lipinski definition) is 0. The molecule has 0 amide bonds. The standard InChI is InChI=1S/C33H40N2O9/c1-22-29(32(36)40-3)31(25-10-8-11-26(21-25)35(38)39)30(23(2)34-22)33(37)44-20-19-41-27-15-13-24(14-16-27)9-4-6-17-42-28-12-5-7-18-43-28/h8,10-11,13-16,21,28-29,31H,4-7,9,12,17-20H2,1-3H3. The van der Waals surface area contributed by atoms with Gasteiger partial charge < -0.3 is 23.7 Å². The van der Waals surface area contributed by atoms with Crippen LogP contribution in [0.2, 0.25) is 0 Å². The van der Waals surface area contributed by atoms with Crippen molar-refractivity contribution in [2.45, 2.75) is 64.6 Å². The van der Waals surface area contributed by atoms with Gasteiger partial charge in [-0.1, -0.05) is 24.3 Å². The van der Waals surface area contributed by atoms with E-state index in [9.17, 15) is 19.7 Å². The number of nitrogens with zero attached hydrogens (tertiary/aromatic N) is 2. The summed E-state index contributed by atoms with van der Waals surface area (Å²) < 4.78 is 27.7. The number of carbonyl (C=O) groups is 2. The third kappa shape index (κ3) is 8.73. The zero-order valence-electron chi connectivity index (χ0n) is 25.5. The second kappa shape index (κ2) is 16.1. The highest BCUT2D eigenvalue weighted by molar-refractivity contribution is 6.07. The predicted octanol–water partition coefficient (Wildman–Crippen LogP) is 5.70. The maximum atomic E-state index is 13.4. The molecule has 44 heavy (non-hydrogen) atoms. The molecule has 3 unspecified atom stereocenters. The average Bonchev–Trinajstić information content (AvgIpc) is 3.03. The van der Waals surface area contributed by atoms with E-state index < -0.39 is 28.7 Å². The first-order chi connectivity index (χ1) is 21.3. The van der Waals surface area contributed by atoms with Gasteiger partial charge in [-0.15, -0.1) is 0 Å². The van der Waals surface area contributed by atoms with Crippen molar-refractivity contribution in [2.24, 2.45) is 10.9 Å². The maximum Gasteiger partial charge on any atom is 0.336 e. The molecule has 2 aliphatic heterocycles. The van der Waals surface area contributed by atoms with Crippen LogP contribution in [-0.2, 0) is 35.0 Å². The molecule has 11 heteroatoms. The Bertz CT molecular complexity index is 1360. The molecule has 0 aromatic heterocycles. The lowest BCUT2D eigenvalue weighted by Gasteiger charge is -2.31. The van der Waals surface area contributed by atoms with Gasteiger partial charge in [0.15, 0.2) is 6.29 Å². The minimum absolute atomic E-state index is 0.0463. The Balaban J connectivity index is 1.30. The summed E-state index contributed by atoms with van der Waals surface area (Å²) in [5.74, 6) is -2.44. The quantitative estimate of drug-likeness (QED) is 0.114. The van der Waals surface area contributed by atoms with Crippen LogP contribution in [0.5, 0.6) is 5.75 Å². The van der Waals surface area contributed by atoms with E-state index in [0.29, 0.717) is 29.3 Å². The van der Waals surface area contributed by atoms with Gasteiger partial charge in [-0.25, -0.2) is 4.79 Å². The Morgan fingerprint density at radius 3 is 2.55 bits per heavy atom. The Morgan fingerprint density at radius 1 is 1.05 bits per heavy atom. The molecule has 0 spiro atoms. The van der Waals surface area contributed by atoms with Gasteiger partial charge in [0.25, 0.3) is 5.69 Å². The average molecular weight is 609 g/mol. The van der Waals surface area contributed by atoms with Crippen molar-refractivity contribution in [3.8, 4) is 5.75 Å². The number of hydrogen-bond acceptors (Lipinski definition) is 10. The summed E-state index contributed by atoms with van der Waals surface area (Å²) >= 11 is 0. The molecule has 1 fully saturated rings. The molecule has 3 atom stereocenters. The first kappa shape index (κ1) is 32.8. The summed E-state index contributed by atoms with van der Waals surface area (Å²) in [6, 6.07) is 13.7. The zero-order valence-corrected chi connectivity index (χ0v) is 25.5. The van der Waals surface area contributed by atoms with Crippen molar-refractivity contribution in [3.05, 3.63) is 81.0 Å². The fourth-order valence-electron chi connectivity index (χ4n) is 5.54. The third-order valence-electron chi connectivity index (χ3n) is 7.75. The van der Waals surface area contributed by atoms with E-state index in [0.717, 1.165) is 45.1 Å². The summed E-state index contributed by atoms with van der Waals surface area (Å²) in [7, 11) is 1.25. The Morgan fingerprint density at radius 2 is 1.84 bits per heavy atom. The number of rotatable bonds is 14. The number of benzene rings is 2. The zero-order chi connectivity index (χ0) is 31.5. The van der Waals surface area contributed by atoms with Gasteiger partial charge >= 0.3 is 11.9 Å². The van der Waals surface area contributed by atoms with Gasteiger partial charge in [-0.3, -0.25) is 19.9 Å². The van der Waals surface area contributed by atoms with E-state index >= 15 is 0 Å². The molecular weight excluding hydrogens is 568 g/mol. The molecule has 2 aliphatic rings. The number of allylic oxidation sites excluding steroid dienone is 1. The van der Waals surface area contributed by atoms with E-state index in [-0.39, 0.29) is 30.8 Å². The molecule has 0 radical (unpaired) electrons. The van der Waals surface area contributed by atoms with Crippen LogP contribution in [0.4, 0.5) is 5.69 Å². The first-order valence-electron chi connectivity index (χ1n) is 15.0. The van der Waals surface area contributed by atoms with Gasteiger partial charge in [0.1, 0.15) is 24.9 Å². The van der Waals surface area contributed by atoms with Crippen molar-refractivity contribution in [2.75, 3.05) is 33.5 Å². The molecule has 0 saturated carbocycles. The van der Waals surface area contributed by atoms with E-state index in [1.165, 1.54) is 30.9 Å². The monoisotopic (exact) mass is 608 g/mol. The summed E-state index contributed by atoms with van der Waals surface area (Å²) in [4.78, 5) is 41.5. The second-order valence-corrected chi connectivity index (χ2v) is 10.8. The van der Waals surface area contributed by atoms with E-state index in [1.807, 2.05) is 24.3 Å². The van der Waals surface area contributed by atoms with Crippen LogP contribution < -0.4 is 4.74 Å². The number of nitro benzene ring substituents is 1. The van der Waals surface area contributed by atoms with Crippen molar-refractivity contribution in [3.63, 3.8) is 0 Å². The molecular formula is C33H40N2O9. The van der Waals surface area contributed by atoms with Crippen LogP contribution in [0.25, 0.3) is 0 Å². The summed E-state index contributed by atoms with van der Waals surface area (Å²) in [5.41, 5.74) is 2.41. The molecule has 0 N–H and O–H groups in total. The van der Waals surface area contributed by atoms with Gasteiger partial charge in [0.05, 0.1) is 17.6 Å². The third-order valence-corrected chi connectivity index (χ3v) is 7.75. The number of aryl methyl sites for hydroxylation is 1. The number of methoxy groups -OCH3 is 1. The summed E-state index contributed by atoms with van der Waals surface area (Å²) in [5, 5.41) is 11.4. The minimum Gasteiger partial charge on any atom is -0.490 e. The van der Waals surface area contributed by atoms with E-state index in [1.54, 1.807) is 19.9 Å². The highest BCUT2D eigenvalue weighted by Gasteiger charge is 2.42. The molecule has 11 nitrogen and oxygen atoms in total. The van der Waals surface area contributed by atoms with Gasteiger partial charge in [-0.05, 0) is 75.6 Å². The Kier molecular flexibility index (Phi) is 12.0. The summed E-state index contributed by atoms with van der Waals surface area (Å²) in [6.45, 7) is 4.86. The maximum absolute atomic E-state index is 13.4. The Labute approximate surface area is 257 Å².